The second-order valence-corrected chi connectivity index (χ2v) is 6.02. The van der Waals surface area contributed by atoms with Gasteiger partial charge in [-0.15, -0.1) is 11.8 Å². The van der Waals surface area contributed by atoms with Crippen LogP contribution in [0.5, 0.6) is 0 Å². The zero-order valence-corrected chi connectivity index (χ0v) is 13.1. The summed E-state index contributed by atoms with van der Waals surface area (Å²) in [6.45, 7) is 3.13. The number of rotatable bonds is 8. The van der Waals surface area contributed by atoms with Crippen LogP contribution in [0.2, 0.25) is 0 Å². The number of benzene rings is 1. The molecule has 0 radical (unpaired) electrons. The summed E-state index contributed by atoms with van der Waals surface area (Å²) in [5.41, 5.74) is 1.21. The van der Waals surface area contributed by atoms with E-state index in [1.807, 2.05) is 24.4 Å². The van der Waals surface area contributed by atoms with Crippen LogP contribution in [-0.4, -0.2) is 23.3 Å². The SMILES string of the molecule is CCCNC(CSc1ccccc1F)Cc1cccnc1. The molecule has 1 aromatic carbocycles. The fourth-order valence-electron chi connectivity index (χ4n) is 2.09. The maximum atomic E-state index is 13.7. The number of pyridine rings is 1. The lowest BCUT2D eigenvalue weighted by molar-refractivity contribution is 0.548. The molecule has 2 rings (SSSR count). The molecule has 1 aromatic heterocycles. The number of nitrogens with zero attached hydrogens (tertiary/aromatic N) is 1. The minimum Gasteiger partial charge on any atom is -0.313 e. The molecule has 1 heterocycles. The lowest BCUT2D eigenvalue weighted by atomic mass is 10.1. The van der Waals surface area contributed by atoms with Gasteiger partial charge in [-0.25, -0.2) is 4.39 Å². The van der Waals surface area contributed by atoms with Gasteiger partial charge in [-0.1, -0.05) is 25.1 Å². The Hall–Kier alpha value is -1.39. The van der Waals surface area contributed by atoms with Crippen LogP contribution in [0.4, 0.5) is 4.39 Å². The Morgan fingerprint density at radius 2 is 2.10 bits per heavy atom. The molecule has 0 saturated heterocycles. The zero-order chi connectivity index (χ0) is 14.9. The van der Waals surface area contributed by atoms with Gasteiger partial charge in [-0.2, -0.15) is 0 Å². The Morgan fingerprint density at radius 1 is 1.24 bits per heavy atom. The van der Waals surface area contributed by atoms with Gasteiger partial charge in [0.15, 0.2) is 0 Å². The maximum absolute atomic E-state index is 13.7. The minimum atomic E-state index is -0.141. The number of aromatic nitrogens is 1. The van der Waals surface area contributed by atoms with Crippen molar-refractivity contribution in [1.29, 1.82) is 0 Å². The van der Waals surface area contributed by atoms with E-state index in [2.05, 4.69) is 23.3 Å². The molecule has 0 bridgehead atoms. The van der Waals surface area contributed by atoms with Crippen LogP contribution in [0.15, 0.2) is 53.7 Å². The van der Waals surface area contributed by atoms with Crippen molar-refractivity contribution >= 4 is 11.8 Å². The topological polar surface area (TPSA) is 24.9 Å². The van der Waals surface area contributed by atoms with Crippen LogP contribution < -0.4 is 5.32 Å². The van der Waals surface area contributed by atoms with Gasteiger partial charge < -0.3 is 5.32 Å². The molecule has 4 heteroatoms. The molecule has 0 amide bonds. The third-order valence-corrected chi connectivity index (χ3v) is 4.38. The molecule has 0 aliphatic rings. The average molecular weight is 304 g/mol. The second kappa shape index (κ2) is 8.80. The normalized spacial score (nSPS) is 12.3. The van der Waals surface area contributed by atoms with Crippen molar-refractivity contribution in [1.82, 2.24) is 10.3 Å². The zero-order valence-electron chi connectivity index (χ0n) is 12.3. The van der Waals surface area contributed by atoms with Gasteiger partial charge in [-0.05, 0) is 43.1 Å². The van der Waals surface area contributed by atoms with Gasteiger partial charge in [0, 0.05) is 29.1 Å². The molecule has 1 unspecified atom stereocenters. The summed E-state index contributed by atoms with van der Waals surface area (Å²) < 4.78 is 13.7. The summed E-state index contributed by atoms with van der Waals surface area (Å²) >= 11 is 1.57. The van der Waals surface area contributed by atoms with Gasteiger partial charge >= 0.3 is 0 Å². The molecule has 0 aliphatic carbocycles. The summed E-state index contributed by atoms with van der Waals surface area (Å²) in [4.78, 5) is 4.87. The average Bonchev–Trinajstić information content (AvgIpc) is 2.52. The Morgan fingerprint density at radius 3 is 2.81 bits per heavy atom. The Kier molecular flexibility index (Phi) is 6.70. The van der Waals surface area contributed by atoms with Crippen molar-refractivity contribution in [2.75, 3.05) is 12.3 Å². The van der Waals surface area contributed by atoms with Gasteiger partial charge in [-0.3, -0.25) is 4.98 Å². The molecule has 112 valence electrons. The quantitative estimate of drug-likeness (QED) is 0.748. The van der Waals surface area contributed by atoms with Crippen LogP contribution in [-0.2, 0) is 6.42 Å². The highest BCUT2D eigenvalue weighted by molar-refractivity contribution is 7.99. The van der Waals surface area contributed by atoms with Crippen molar-refractivity contribution in [3.8, 4) is 0 Å². The molecule has 0 aliphatic heterocycles. The lowest BCUT2D eigenvalue weighted by Gasteiger charge is -2.18. The van der Waals surface area contributed by atoms with E-state index < -0.39 is 0 Å². The van der Waals surface area contributed by atoms with E-state index in [9.17, 15) is 4.39 Å². The number of hydrogen-bond donors (Lipinski definition) is 1. The summed E-state index contributed by atoms with van der Waals surface area (Å²) in [6, 6.07) is 11.3. The van der Waals surface area contributed by atoms with Crippen molar-refractivity contribution in [2.24, 2.45) is 0 Å². The van der Waals surface area contributed by atoms with E-state index >= 15 is 0 Å². The first-order valence-corrected chi connectivity index (χ1v) is 8.27. The van der Waals surface area contributed by atoms with Crippen LogP contribution >= 0.6 is 11.8 Å². The highest BCUT2D eigenvalue weighted by atomic mass is 32.2. The molecule has 0 saturated carbocycles. The van der Waals surface area contributed by atoms with E-state index in [-0.39, 0.29) is 5.82 Å². The largest absolute Gasteiger partial charge is 0.313 e. The standard InChI is InChI=1S/C17H21FN2S/c1-2-9-20-15(11-14-6-5-10-19-12-14)13-21-17-8-4-3-7-16(17)18/h3-8,10,12,15,20H,2,9,11,13H2,1H3. The highest BCUT2D eigenvalue weighted by Crippen LogP contribution is 2.22. The summed E-state index contributed by atoms with van der Waals surface area (Å²) in [6.07, 6.45) is 5.68. The first-order chi connectivity index (χ1) is 10.3. The molecule has 1 N–H and O–H groups in total. The number of thioether (sulfide) groups is 1. The van der Waals surface area contributed by atoms with E-state index in [1.54, 1.807) is 24.0 Å². The Bertz CT molecular complexity index is 533. The van der Waals surface area contributed by atoms with Gasteiger partial charge in [0.1, 0.15) is 5.82 Å². The molecule has 0 spiro atoms. The fraction of sp³-hybridized carbons (Fsp3) is 0.353. The van der Waals surface area contributed by atoms with Crippen LogP contribution in [0.1, 0.15) is 18.9 Å². The number of nitrogens with one attached hydrogen (secondary N) is 1. The van der Waals surface area contributed by atoms with E-state index in [0.29, 0.717) is 10.9 Å². The van der Waals surface area contributed by atoms with E-state index in [4.69, 9.17) is 0 Å². The van der Waals surface area contributed by atoms with Gasteiger partial charge in [0.05, 0.1) is 0 Å². The predicted molar refractivity (Wildman–Crippen MR) is 87.1 cm³/mol. The van der Waals surface area contributed by atoms with Gasteiger partial charge in [0.2, 0.25) is 0 Å². The molecule has 0 fully saturated rings. The van der Waals surface area contributed by atoms with Crippen LogP contribution in [0, 0.1) is 5.82 Å². The Balaban J connectivity index is 1.94. The molecule has 21 heavy (non-hydrogen) atoms. The fourth-order valence-corrected chi connectivity index (χ4v) is 3.09. The molecule has 2 aromatic rings. The lowest BCUT2D eigenvalue weighted by Crippen LogP contribution is -2.34. The van der Waals surface area contributed by atoms with Crippen molar-refractivity contribution in [3.63, 3.8) is 0 Å². The van der Waals surface area contributed by atoms with Crippen LogP contribution in [0.3, 0.4) is 0 Å². The predicted octanol–water partition coefficient (Wildman–Crippen LogP) is 3.92. The first kappa shape index (κ1) is 16.0. The maximum Gasteiger partial charge on any atom is 0.136 e. The van der Waals surface area contributed by atoms with E-state index in [1.165, 1.54) is 11.6 Å². The summed E-state index contributed by atoms with van der Waals surface area (Å²) in [7, 11) is 0. The molecule has 2 nitrogen and oxygen atoms in total. The molecular formula is C17H21FN2S. The van der Waals surface area contributed by atoms with Crippen molar-refractivity contribution in [2.45, 2.75) is 30.7 Å². The number of halogens is 1. The van der Waals surface area contributed by atoms with E-state index in [0.717, 1.165) is 25.1 Å². The summed E-state index contributed by atoms with van der Waals surface area (Å²) in [5.74, 6) is 0.702. The molecular weight excluding hydrogens is 283 g/mol. The smallest absolute Gasteiger partial charge is 0.136 e. The first-order valence-electron chi connectivity index (χ1n) is 7.29. The number of hydrogen-bond acceptors (Lipinski definition) is 3. The minimum absolute atomic E-state index is 0.141. The monoisotopic (exact) mass is 304 g/mol. The summed E-state index contributed by atoms with van der Waals surface area (Å²) in [5, 5.41) is 3.54. The van der Waals surface area contributed by atoms with Crippen molar-refractivity contribution < 1.29 is 4.39 Å². The highest BCUT2D eigenvalue weighted by Gasteiger charge is 2.11. The Labute approximate surface area is 130 Å². The van der Waals surface area contributed by atoms with Crippen molar-refractivity contribution in [3.05, 3.63) is 60.2 Å². The molecule has 1 atom stereocenters. The third-order valence-electron chi connectivity index (χ3n) is 3.16. The second-order valence-electron chi connectivity index (χ2n) is 4.96. The van der Waals surface area contributed by atoms with Crippen LogP contribution in [0.25, 0.3) is 0 Å². The van der Waals surface area contributed by atoms with Gasteiger partial charge in [0.25, 0.3) is 0 Å². The third kappa shape index (κ3) is 5.48.